The second-order valence-corrected chi connectivity index (χ2v) is 4.06. The van der Waals surface area contributed by atoms with Gasteiger partial charge in [0.1, 0.15) is 3.92 Å². The Kier molecular flexibility index (Phi) is 2.40. The van der Waals surface area contributed by atoms with Crippen LogP contribution < -0.4 is 0 Å². The fourth-order valence-electron chi connectivity index (χ4n) is 1.34. The summed E-state index contributed by atoms with van der Waals surface area (Å²) in [6.45, 7) is 0. The second kappa shape index (κ2) is 3.56. The van der Waals surface area contributed by atoms with E-state index in [9.17, 15) is 9.70 Å². The van der Waals surface area contributed by atoms with E-state index in [2.05, 4.69) is 10.2 Å². The van der Waals surface area contributed by atoms with E-state index < -0.39 is 0 Å². The molecule has 70 valence electrons. The van der Waals surface area contributed by atoms with Crippen LogP contribution in [0.4, 0.5) is 0 Å². The van der Waals surface area contributed by atoms with Gasteiger partial charge < -0.3 is 0 Å². The molecule has 0 radical (unpaired) electrons. The van der Waals surface area contributed by atoms with Crippen molar-refractivity contribution >= 4 is 34.3 Å². The Bertz CT molecular complexity index is 442. The molecule has 1 aromatic rings. The van der Waals surface area contributed by atoms with Gasteiger partial charge in [0.05, 0.1) is 0 Å². The van der Waals surface area contributed by atoms with Crippen LogP contribution in [0, 0.1) is 4.91 Å². The highest BCUT2D eigenvalue weighted by atomic mass is 127. The Morgan fingerprint density at radius 2 is 2.07 bits per heavy atom. The summed E-state index contributed by atoms with van der Waals surface area (Å²) in [5, 5.41) is 2.75. The van der Waals surface area contributed by atoms with Crippen molar-refractivity contribution < 1.29 is 4.79 Å². The standard InChI is InChI=1S/C9H5IN2O2/c10-7-5-3-1-2-4-6(5)9(13)11-8(7)12-14/h1-4,7H. The number of amidine groups is 1. The lowest BCUT2D eigenvalue weighted by Crippen LogP contribution is -2.16. The second-order valence-electron chi connectivity index (χ2n) is 2.82. The van der Waals surface area contributed by atoms with E-state index in [1.54, 1.807) is 12.1 Å². The average Bonchev–Trinajstić information content (AvgIpc) is 2.23. The van der Waals surface area contributed by atoms with Gasteiger partial charge in [-0.15, -0.1) is 4.91 Å². The predicted octanol–water partition coefficient (Wildman–Crippen LogP) is 2.48. The Balaban J connectivity index is 2.60. The van der Waals surface area contributed by atoms with Crippen molar-refractivity contribution in [3.05, 3.63) is 40.3 Å². The molecule has 0 bridgehead atoms. The number of fused-ring (bicyclic) bond motifs is 1. The van der Waals surface area contributed by atoms with Crippen molar-refractivity contribution in [2.45, 2.75) is 3.92 Å². The third-order valence-electron chi connectivity index (χ3n) is 2.00. The summed E-state index contributed by atoms with van der Waals surface area (Å²) in [5.74, 6) is -0.336. The summed E-state index contributed by atoms with van der Waals surface area (Å²) >= 11 is 2.04. The molecule has 1 aliphatic heterocycles. The van der Waals surface area contributed by atoms with E-state index in [0.29, 0.717) is 5.56 Å². The summed E-state index contributed by atoms with van der Waals surface area (Å²) in [6, 6.07) is 7.11. The first-order chi connectivity index (χ1) is 6.74. The van der Waals surface area contributed by atoms with Crippen LogP contribution in [0.1, 0.15) is 19.8 Å². The van der Waals surface area contributed by atoms with E-state index in [1.165, 1.54) is 0 Å². The van der Waals surface area contributed by atoms with Gasteiger partial charge in [-0.05, 0) is 16.8 Å². The van der Waals surface area contributed by atoms with Gasteiger partial charge in [-0.3, -0.25) is 4.79 Å². The minimum atomic E-state index is -0.386. The summed E-state index contributed by atoms with van der Waals surface area (Å²) < 4.78 is -0.223. The number of hydrogen-bond donors (Lipinski definition) is 0. The number of carbonyl (C=O) groups excluding carboxylic acids is 1. The number of amides is 1. The summed E-state index contributed by atoms with van der Waals surface area (Å²) in [6.07, 6.45) is 0. The molecule has 0 aromatic heterocycles. The molecule has 1 unspecified atom stereocenters. The van der Waals surface area contributed by atoms with Crippen LogP contribution >= 0.6 is 22.6 Å². The zero-order valence-electron chi connectivity index (χ0n) is 6.98. The average molecular weight is 300 g/mol. The highest BCUT2D eigenvalue weighted by Gasteiger charge is 2.27. The van der Waals surface area contributed by atoms with E-state index in [1.807, 2.05) is 34.7 Å². The number of rotatable bonds is 0. The lowest BCUT2D eigenvalue weighted by molar-refractivity contribution is 0.1000. The Morgan fingerprint density at radius 1 is 1.36 bits per heavy atom. The number of halogens is 1. The van der Waals surface area contributed by atoms with Crippen molar-refractivity contribution in [2.75, 3.05) is 0 Å². The van der Waals surface area contributed by atoms with Crippen LogP contribution in [-0.4, -0.2) is 11.7 Å². The number of benzene rings is 1. The maximum Gasteiger partial charge on any atom is 0.279 e. The molecule has 0 N–H and O–H groups in total. The Morgan fingerprint density at radius 3 is 2.79 bits per heavy atom. The van der Waals surface area contributed by atoms with Crippen LogP contribution in [0.2, 0.25) is 0 Å². The molecule has 2 rings (SSSR count). The maximum atomic E-state index is 11.4. The fourth-order valence-corrected chi connectivity index (χ4v) is 2.14. The fraction of sp³-hybridized carbons (Fsp3) is 0.111. The number of alkyl halides is 1. The lowest BCUT2D eigenvalue weighted by atomic mass is 10.0. The Hall–Kier alpha value is -1.11. The van der Waals surface area contributed by atoms with E-state index in [4.69, 9.17) is 0 Å². The van der Waals surface area contributed by atoms with Gasteiger partial charge >= 0.3 is 0 Å². The predicted molar refractivity (Wildman–Crippen MR) is 60.8 cm³/mol. The number of nitrogens with zero attached hydrogens (tertiary/aromatic N) is 2. The van der Waals surface area contributed by atoms with Crippen molar-refractivity contribution in [2.24, 2.45) is 10.2 Å². The van der Waals surface area contributed by atoms with E-state index >= 15 is 0 Å². The minimum Gasteiger partial charge on any atom is -0.267 e. The van der Waals surface area contributed by atoms with Gasteiger partial charge in [-0.2, -0.15) is 4.99 Å². The molecule has 5 heteroatoms. The molecule has 0 saturated heterocycles. The Labute approximate surface area is 93.5 Å². The smallest absolute Gasteiger partial charge is 0.267 e. The molecular weight excluding hydrogens is 295 g/mol. The highest BCUT2D eigenvalue weighted by Crippen LogP contribution is 2.32. The van der Waals surface area contributed by atoms with E-state index in [0.717, 1.165) is 5.56 Å². The normalized spacial score (nSPS) is 19.9. The molecule has 4 nitrogen and oxygen atoms in total. The van der Waals surface area contributed by atoms with Crippen LogP contribution in [-0.2, 0) is 0 Å². The number of hydrogen-bond acceptors (Lipinski definition) is 3. The zero-order chi connectivity index (χ0) is 10.1. The van der Waals surface area contributed by atoms with Gasteiger partial charge in [0.15, 0.2) is 5.84 Å². The lowest BCUT2D eigenvalue weighted by Gasteiger charge is -2.15. The molecule has 0 spiro atoms. The van der Waals surface area contributed by atoms with Gasteiger partial charge in [0, 0.05) is 5.56 Å². The molecule has 0 saturated carbocycles. The van der Waals surface area contributed by atoms with E-state index in [-0.39, 0.29) is 15.7 Å². The van der Waals surface area contributed by atoms with Gasteiger partial charge in [0.25, 0.3) is 5.91 Å². The summed E-state index contributed by atoms with van der Waals surface area (Å²) in [4.78, 5) is 25.4. The molecule has 0 fully saturated rings. The molecular formula is C9H5IN2O2. The van der Waals surface area contributed by atoms with Crippen LogP contribution in [0.5, 0.6) is 0 Å². The number of aliphatic imine (C=N–C) groups is 1. The van der Waals surface area contributed by atoms with Crippen molar-refractivity contribution in [3.8, 4) is 0 Å². The topological polar surface area (TPSA) is 58.9 Å². The zero-order valence-corrected chi connectivity index (χ0v) is 9.13. The number of nitroso groups, excluding NO2 is 1. The van der Waals surface area contributed by atoms with Crippen LogP contribution in [0.25, 0.3) is 0 Å². The summed E-state index contributed by atoms with van der Waals surface area (Å²) in [5.41, 5.74) is 1.36. The quantitative estimate of drug-likeness (QED) is 0.420. The van der Waals surface area contributed by atoms with Gasteiger partial charge in [0.2, 0.25) is 0 Å². The minimum absolute atomic E-state index is 0.0503. The van der Waals surface area contributed by atoms with Crippen molar-refractivity contribution in [1.29, 1.82) is 0 Å². The van der Waals surface area contributed by atoms with Crippen molar-refractivity contribution in [1.82, 2.24) is 0 Å². The first-order valence-corrected chi connectivity index (χ1v) is 5.18. The monoisotopic (exact) mass is 300 g/mol. The molecule has 1 heterocycles. The molecule has 1 aromatic carbocycles. The van der Waals surface area contributed by atoms with Gasteiger partial charge in [-0.1, -0.05) is 40.8 Å². The largest absolute Gasteiger partial charge is 0.279 e. The molecule has 1 amide bonds. The molecule has 1 atom stereocenters. The summed E-state index contributed by atoms with van der Waals surface area (Å²) in [7, 11) is 0. The third-order valence-corrected chi connectivity index (χ3v) is 3.23. The van der Waals surface area contributed by atoms with Crippen LogP contribution in [0.3, 0.4) is 0 Å². The molecule has 0 aliphatic carbocycles. The number of carbonyl (C=O) groups is 1. The van der Waals surface area contributed by atoms with Crippen LogP contribution in [0.15, 0.2) is 34.4 Å². The SMILES string of the molecule is O=NC1=NC(=O)c2ccccc2C1I. The maximum absolute atomic E-state index is 11.4. The first-order valence-electron chi connectivity index (χ1n) is 3.93. The highest BCUT2D eigenvalue weighted by molar-refractivity contribution is 14.1. The van der Waals surface area contributed by atoms with Crippen molar-refractivity contribution in [3.63, 3.8) is 0 Å². The molecule has 1 aliphatic rings. The third kappa shape index (κ3) is 1.37. The van der Waals surface area contributed by atoms with Gasteiger partial charge in [-0.25, -0.2) is 0 Å². The molecule has 14 heavy (non-hydrogen) atoms. The first kappa shape index (κ1) is 9.45.